The molecule has 0 saturated heterocycles. The Morgan fingerprint density at radius 1 is 1.53 bits per heavy atom. The van der Waals surface area contributed by atoms with Gasteiger partial charge in [0.05, 0.1) is 5.69 Å². The molecule has 0 spiro atoms. The van der Waals surface area contributed by atoms with Gasteiger partial charge in [-0.1, -0.05) is 13.8 Å². The van der Waals surface area contributed by atoms with Crippen LogP contribution in [0, 0.1) is 24.2 Å². The fourth-order valence-corrected chi connectivity index (χ4v) is 2.76. The van der Waals surface area contributed by atoms with Gasteiger partial charge in [0.25, 0.3) is 9.05 Å². The van der Waals surface area contributed by atoms with Crippen LogP contribution in [0.25, 0.3) is 0 Å². The molecule has 94 valence electrons. The van der Waals surface area contributed by atoms with Crippen LogP contribution < -0.4 is 0 Å². The van der Waals surface area contributed by atoms with Gasteiger partial charge in [-0.25, -0.2) is 8.42 Å². The van der Waals surface area contributed by atoms with Gasteiger partial charge in [-0.15, -0.1) is 0 Å². The maximum atomic E-state index is 11.4. The van der Waals surface area contributed by atoms with Gasteiger partial charge in [0.2, 0.25) is 0 Å². The van der Waals surface area contributed by atoms with Crippen molar-refractivity contribution in [2.24, 2.45) is 5.92 Å². The van der Waals surface area contributed by atoms with Gasteiger partial charge in [-0.05, 0) is 19.3 Å². The predicted molar refractivity (Wildman–Crippen MR) is 64.2 cm³/mol. The lowest BCUT2D eigenvalue weighted by atomic mass is 10.1. The minimum Gasteiger partial charge on any atom is -0.252 e. The first kappa shape index (κ1) is 14.0. The van der Waals surface area contributed by atoms with Crippen molar-refractivity contribution < 1.29 is 8.42 Å². The van der Waals surface area contributed by atoms with Crippen LogP contribution in [0.4, 0.5) is 0 Å². The summed E-state index contributed by atoms with van der Waals surface area (Å²) in [7, 11) is 1.38. The molecule has 17 heavy (non-hydrogen) atoms. The van der Waals surface area contributed by atoms with Crippen LogP contribution in [0.15, 0.2) is 5.03 Å². The Morgan fingerprint density at radius 2 is 2.12 bits per heavy atom. The maximum absolute atomic E-state index is 11.4. The Labute approximate surface area is 105 Å². The van der Waals surface area contributed by atoms with E-state index in [-0.39, 0.29) is 10.6 Å². The van der Waals surface area contributed by atoms with E-state index in [0.29, 0.717) is 18.2 Å². The Morgan fingerprint density at radius 3 is 2.53 bits per heavy atom. The van der Waals surface area contributed by atoms with Crippen LogP contribution in [0.2, 0.25) is 0 Å². The molecular formula is C10H14ClN3O2S. The highest BCUT2D eigenvalue weighted by atomic mass is 35.7. The summed E-state index contributed by atoms with van der Waals surface area (Å²) in [5, 5.41) is 12.8. The zero-order valence-corrected chi connectivity index (χ0v) is 11.5. The van der Waals surface area contributed by atoms with E-state index in [1.54, 1.807) is 6.92 Å². The molecule has 0 radical (unpaired) electrons. The van der Waals surface area contributed by atoms with Crippen molar-refractivity contribution in [1.82, 2.24) is 9.78 Å². The first-order chi connectivity index (χ1) is 7.77. The highest BCUT2D eigenvalue weighted by Gasteiger charge is 2.25. The highest BCUT2D eigenvalue weighted by Crippen LogP contribution is 2.23. The van der Waals surface area contributed by atoms with Crippen LogP contribution in [0.3, 0.4) is 0 Å². The molecule has 0 atom stereocenters. The van der Waals surface area contributed by atoms with E-state index in [9.17, 15) is 8.42 Å². The smallest absolute Gasteiger partial charge is 0.252 e. The second-order valence-electron chi connectivity index (χ2n) is 4.22. The molecule has 1 heterocycles. The third-order valence-corrected chi connectivity index (χ3v) is 3.66. The molecule has 7 heteroatoms. The lowest BCUT2D eigenvalue weighted by Gasteiger charge is -2.07. The number of nitriles is 1. The molecular weight excluding hydrogens is 262 g/mol. The summed E-state index contributed by atoms with van der Waals surface area (Å²) >= 11 is 0. The molecule has 5 nitrogen and oxygen atoms in total. The van der Waals surface area contributed by atoms with Gasteiger partial charge in [0, 0.05) is 17.2 Å². The summed E-state index contributed by atoms with van der Waals surface area (Å²) in [5.41, 5.74) is 0.416. The van der Waals surface area contributed by atoms with Gasteiger partial charge in [0.1, 0.15) is 11.6 Å². The monoisotopic (exact) mass is 275 g/mol. The van der Waals surface area contributed by atoms with Gasteiger partial charge >= 0.3 is 0 Å². The second-order valence-corrected chi connectivity index (χ2v) is 6.70. The molecule has 0 aliphatic rings. The predicted octanol–water partition coefficient (Wildman–Crippen LogP) is 2.04. The normalized spacial score (nSPS) is 11.8. The van der Waals surface area contributed by atoms with Crippen LogP contribution >= 0.6 is 10.7 Å². The maximum Gasteiger partial charge on any atom is 0.279 e. The van der Waals surface area contributed by atoms with Crippen LogP contribution in [-0.4, -0.2) is 18.2 Å². The number of hydrogen-bond donors (Lipinski definition) is 0. The van der Waals surface area contributed by atoms with E-state index < -0.39 is 9.05 Å². The van der Waals surface area contributed by atoms with E-state index in [0.717, 1.165) is 6.42 Å². The first-order valence-electron chi connectivity index (χ1n) is 5.19. The van der Waals surface area contributed by atoms with E-state index in [4.69, 9.17) is 15.9 Å². The Bertz CT molecular complexity index is 555. The first-order valence-corrected chi connectivity index (χ1v) is 7.50. The number of nitrogens with zero attached hydrogens (tertiary/aromatic N) is 3. The molecule has 1 rings (SSSR count). The van der Waals surface area contributed by atoms with E-state index in [1.165, 1.54) is 4.68 Å². The van der Waals surface area contributed by atoms with Crippen LogP contribution in [-0.2, 0) is 15.6 Å². The third-order valence-electron chi connectivity index (χ3n) is 2.34. The average molecular weight is 276 g/mol. The molecule has 0 N–H and O–H groups in total. The Balaban J connectivity index is 3.28. The number of hydrogen-bond acceptors (Lipinski definition) is 4. The van der Waals surface area contributed by atoms with Crippen molar-refractivity contribution in [3.8, 4) is 6.07 Å². The minimum absolute atomic E-state index is 0.0313. The topological polar surface area (TPSA) is 75.8 Å². The quantitative estimate of drug-likeness (QED) is 0.788. The fourth-order valence-electron chi connectivity index (χ4n) is 1.47. The zero-order chi connectivity index (χ0) is 13.2. The molecule has 0 amide bonds. The van der Waals surface area contributed by atoms with Crippen LogP contribution in [0.1, 0.15) is 31.5 Å². The summed E-state index contributed by atoms with van der Waals surface area (Å²) in [6.45, 7) is 6.07. The van der Waals surface area contributed by atoms with Crippen molar-refractivity contribution in [3.05, 3.63) is 11.3 Å². The number of aromatic nitrogens is 2. The molecule has 0 bridgehead atoms. The standard InChI is InChI=1S/C10H14ClN3O2S/c1-7(2)4-5-14-10(17(11,15)16)9(6-12)8(3)13-14/h7H,4-5H2,1-3H3. The van der Waals surface area contributed by atoms with Crippen molar-refractivity contribution in [2.45, 2.75) is 38.8 Å². The summed E-state index contributed by atoms with van der Waals surface area (Å²) in [5.74, 6) is 0.413. The minimum atomic E-state index is -3.95. The molecule has 0 unspecified atom stereocenters. The Kier molecular flexibility index (Phi) is 4.17. The van der Waals surface area contributed by atoms with Crippen molar-refractivity contribution in [2.75, 3.05) is 0 Å². The van der Waals surface area contributed by atoms with E-state index in [1.807, 2.05) is 19.9 Å². The largest absolute Gasteiger partial charge is 0.279 e. The van der Waals surface area contributed by atoms with Crippen molar-refractivity contribution in [3.63, 3.8) is 0 Å². The molecule has 1 aromatic rings. The summed E-state index contributed by atoms with van der Waals surface area (Å²) in [4.78, 5) is 0. The number of aryl methyl sites for hydroxylation is 2. The molecule has 0 saturated carbocycles. The number of halogens is 1. The lowest BCUT2D eigenvalue weighted by Crippen LogP contribution is -2.09. The van der Waals surface area contributed by atoms with Crippen molar-refractivity contribution >= 4 is 19.7 Å². The SMILES string of the molecule is Cc1nn(CCC(C)C)c(S(=O)(=O)Cl)c1C#N. The number of rotatable bonds is 4. The fraction of sp³-hybridized carbons (Fsp3) is 0.600. The summed E-state index contributed by atoms with van der Waals surface area (Å²) < 4.78 is 24.2. The van der Waals surface area contributed by atoms with Gasteiger partial charge < -0.3 is 0 Å². The Hall–Kier alpha value is -1.06. The second kappa shape index (κ2) is 5.07. The summed E-state index contributed by atoms with van der Waals surface area (Å²) in [6.07, 6.45) is 0.769. The molecule has 1 aromatic heterocycles. The lowest BCUT2D eigenvalue weighted by molar-refractivity contribution is 0.458. The van der Waals surface area contributed by atoms with Gasteiger partial charge in [0.15, 0.2) is 5.03 Å². The molecule has 0 fully saturated rings. The van der Waals surface area contributed by atoms with Crippen molar-refractivity contribution in [1.29, 1.82) is 5.26 Å². The van der Waals surface area contributed by atoms with Gasteiger partial charge in [-0.3, -0.25) is 4.68 Å². The van der Waals surface area contributed by atoms with Gasteiger partial charge in [-0.2, -0.15) is 10.4 Å². The third kappa shape index (κ3) is 3.20. The molecule has 0 aliphatic heterocycles. The van der Waals surface area contributed by atoms with E-state index >= 15 is 0 Å². The highest BCUT2D eigenvalue weighted by molar-refractivity contribution is 8.13. The zero-order valence-electron chi connectivity index (χ0n) is 9.94. The van der Waals surface area contributed by atoms with Crippen LogP contribution in [0.5, 0.6) is 0 Å². The average Bonchev–Trinajstić information content (AvgIpc) is 2.50. The molecule has 0 aromatic carbocycles. The summed E-state index contributed by atoms with van der Waals surface area (Å²) in [6, 6.07) is 1.83. The molecule has 0 aliphatic carbocycles. The van der Waals surface area contributed by atoms with E-state index in [2.05, 4.69) is 5.10 Å².